The van der Waals surface area contributed by atoms with Gasteiger partial charge in [-0.3, -0.25) is 4.90 Å². The van der Waals surface area contributed by atoms with Crippen molar-refractivity contribution in [2.24, 2.45) is 0 Å². The third-order valence-electron chi connectivity index (χ3n) is 4.36. The van der Waals surface area contributed by atoms with E-state index in [1.165, 1.54) is 5.56 Å². The van der Waals surface area contributed by atoms with E-state index in [9.17, 15) is 5.11 Å². The summed E-state index contributed by atoms with van der Waals surface area (Å²) >= 11 is 0. The lowest BCUT2D eigenvalue weighted by atomic mass is 9.76. The van der Waals surface area contributed by atoms with Crippen LogP contribution in [0.4, 0.5) is 0 Å². The highest BCUT2D eigenvalue weighted by Crippen LogP contribution is 2.37. The molecule has 106 valence electrons. The lowest BCUT2D eigenvalue weighted by Crippen LogP contribution is -2.52. The Bertz CT molecular complexity index is 407. The van der Waals surface area contributed by atoms with Crippen LogP contribution in [0.25, 0.3) is 0 Å². The fraction of sp³-hybridized carbons (Fsp3) is 0.647. The van der Waals surface area contributed by atoms with Crippen molar-refractivity contribution in [3.63, 3.8) is 0 Å². The Labute approximate surface area is 117 Å². The molecule has 0 amide bonds. The highest BCUT2D eigenvalue weighted by atomic mass is 16.3. The largest absolute Gasteiger partial charge is 0.384 e. The highest BCUT2D eigenvalue weighted by Gasteiger charge is 2.41. The first-order valence-electron chi connectivity index (χ1n) is 7.66. The minimum Gasteiger partial charge on any atom is -0.384 e. The summed E-state index contributed by atoms with van der Waals surface area (Å²) in [6, 6.07) is 8.62. The van der Waals surface area contributed by atoms with Crippen LogP contribution in [0.1, 0.15) is 51.2 Å². The van der Waals surface area contributed by atoms with Crippen molar-refractivity contribution in [3.05, 3.63) is 35.4 Å². The lowest BCUT2D eigenvalue weighted by Gasteiger charge is -2.45. The van der Waals surface area contributed by atoms with Gasteiger partial charge >= 0.3 is 0 Å². The van der Waals surface area contributed by atoms with Crippen molar-refractivity contribution in [2.75, 3.05) is 13.1 Å². The van der Waals surface area contributed by atoms with E-state index in [2.05, 4.69) is 36.9 Å². The van der Waals surface area contributed by atoms with Gasteiger partial charge in [-0.25, -0.2) is 0 Å². The predicted molar refractivity (Wildman–Crippen MR) is 80.3 cm³/mol. The summed E-state index contributed by atoms with van der Waals surface area (Å²) in [7, 11) is 0. The van der Waals surface area contributed by atoms with Crippen molar-refractivity contribution in [1.82, 2.24) is 4.90 Å². The standard InChI is InChI=1S/C17H27NO/c1-4-12-18(13-5-2)16-11-10-14-8-6-7-9-15(14)17(16,3)19/h6-9,16,19H,4-5,10-13H2,1-3H3/t16-,17-/m0/s1. The van der Waals surface area contributed by atoms with Gasteiger partial charge in [-0.15, -0.1) is 0 Å². The Morgan fingerprint density at radius 1 is 1.21 bits per heavy atom. The van der Waals surface area contributed by atoms with E-state index in [4.69, 9.17) is 0 Å². The molecule has 2 atom stereocenters. The number of nitrogens with zero attached hydrogens (tertiary/aromatic N) is 1. The van der Waals surface area contributed by atoms with Crippen LogP contribution in [0.2, 0.25) is 0 Å². The third-order valence-corrected chi connectivity index (χ3v) is 4.36. The van der Waals surface area contributed by atoms with Gasteiger partial charge in [0.05, 0.1) is 0 Å². The molecule has 2 rings (SSSR count). The van der Waals surface area contributed by atoms with Crippen molar-refractivity contribution < 1.29 is 5.11 Å². The predicted octanol–water partition coefficient (Wildman–Crippen LogP) is 3.33. The molecule has 0 saturated heterocycles. The summed E-state index contributed by atoms with van der Waals surface area (Å²) in [4.78, 5) is 2.48. The lowest BCUT2D eigenvalue weighted by molar-refractivity contribution is -0.0495. The summed E-state index contributed by atoms with van der Waals surface area (Å²) in [5.41, 5.74) is 1.72. The van der Waals surface area contributed by atoms with E-state index in [1.54, 1.807) is 0 Å². The summed E-state index contributed by atoms with van der Waals surface area (Å²) in [5.74, 6) is 0. The topological polar surface area (TPSA) is 23.5 Å². The van der Waals surface area contributed by atoms with Gasteiger partial charge in [0.25, 0.3) is 0 Å². The minimum atomic E-state index is -0.723. The van der Waals surface area contributed by atoms with Crippen LogP contribution >= 0.6 is 0 Å². The quantitative estimate of drug-likeness (QED) is 0.879. The van der Waals surface area contributed by atoms with Crippen LogP contribution in [-0.4, -0.2) is 29.1 Å². The summed E-state index contributed by atoms with van der Waals surface area (Å²) in [6.45, 7) is 8.59. The maximum Gasteiger partial charge on any atom is 0.103 e. The normalized spacial score (nSPS) is 26.5. The molecule has 0 radical (unpaired) electrons. The third kappa shape index (κ3) is 2.85. The smallest absolute Gasteiger partial charge is 0.103 e. The first kappa shape index (κ1) is 14.5. The second-order valence-corrected chi connectivity index (χ2v) is 5.90. The molecule has 1 aliphatic rings. The van der Waals surface area contributed by atoms with Gasteiger partial charge < -0.3 is 5.11 Å². The van der Waals surface area contributed by atoms with Crippen molar-refractivity contribution in [3.8, 4) is 0 Å². The Morgan fingerprint density at radius 2 is 1.84 bits per heavy atom. The van der Waals surface area contributed by atoms with E-state index >= 15 is 0 Å². The average Bonchev–Trinajstić information content (AvgIpc) is 2.39. The summed E-state index contributed by atoms with van der Waals surface area (Å²) in [6.07, 6.45) is 4.44. The Balaban J connectivity index is 2.28. The van der Waals surface area contributed by atoms with Crippen LogP contribution in [0.3, 0.4) is 0 Å². The fourth-order valence-electron chi connectivity index (χ4n) is 3.52. The number of benzene rings is 1. The summed E-state index contributed by atoms with van der Waals surface area (Å²) < 4.78 is 0. The van der Waals surface area contributed by atoms with Gasteiger partial charge in [-0.2, -0.15) is 0 Å². The van der Waals surface area contributed by atoms with E-state index in [-0.39, 0.29) is 6.04 Å². The molecule has 0 bridgehead atoms. The summed E-state index contributed by atoms with van der Waals surface area (Å²) in [5, 5.41) is 11.1. The molecule has 0 aliphatic heterocycles. The molecule has 0 fully saturated rings. The Kier molecular flexibility index (Phi) is 4.64. The van der Waals surface area contributed by atoms with Crippen LogP contribution in [0, 0.1) is 0 Å². The number of rotatable bonds is 5. The van der Waals surface area contributed by atoms with Gasteiger partial charge in [0.1, 0.15) is 5.60 Å². The molecule has 1 aromatic carbocycles. The van der Waals surface area contributed by atoms with Crippen molar-refractivity contribution >= 4 is 0 Å². The average molecular weight is 261 g/mol. The number of hydrogen-bond donors (Lipinski definition) is 1. The number of aliphatic hydroxyl groups is 1. The number of aryl methyl sites for hydroxylation is 1. The van der Waals surface area contributed by atoms with Crippen LogP contribution in [-0.2, 0) is 12.0 Å². The number of hydrogen-bond acceptors (Lipinski definition) is 2. The molecule has 19 heavy (non-hydrogen) atoms. The molecule has 1 aromatic rings. The van der Waals surface area contributed by atoms with E-state index in [0.29, 0.717) is 0 Å². The molecular weight excluding hydrogens is 234 g/mol. The molecular formula is C17H27NO. The van der Waals surface area contributed by atoms with Gasteiger partial charge in [-0.05, 0) is 56.8 Å². The zero-order chi connectivity index (χ0) is 13.9. The van der Waals surface area contributed by atoms with Gasteiger partial charge in [0.2, 0.25) is 0 Å². The number of fused-ring (bicyclic) bond motifs is 1. The fourth-order valence-corrected chi connectivity index (χ4v) is 3.52. The second kappa shape index (κ2) is 6.06. The van der Waals surface area contributed by atoms with E-state index in [1.807, 2.05) is 13.0 Å². The van der Waals surface area contributed by atoms with Crippen LogP contribution in [0.5, 0.6) is 0 Å². The first-order valence-corrected chi connectivity index (χ1v) is 7.66. The van der Waals surface area contributed by atoms with E-state index in [0.717, 1.165) is 44.3 Å². The maximum absolute atomic E-state index is 11.1. The molecule has 0 aromatic heterocycles. The molecule has 0 saturated carbocycles. The van der Waals surface area contributed by atoms with Crippen molar-refractivity contribution in [2.45, 2.75) is 58.1 Å². The maximum atomic E-state index is 11.1. The van der Waals surface area contributed by atoms with Gasteiger partial charge in [-0.1, -0.05) is 38.1 Å². The van der Waals surface area contributed by atoms with Gasteiger partial charge in [0.15, 0.2) is 0 Å². The molecule has 1 N–H and O–H groups in total. The minimum absolute atomic E-state index is 0.252. The van der Waals surface area contributed by atoms with Crippen molar-refractivity contribution in [1.29, 1.82) is 0 Å². The zero-order valence-electron chi connectivity index (χ0n) is 12.5. The van der Waals surface area contributed by atoms with Crippen LogP contribution < -0.4 is 0 Å². The molecule has 0 unspecified atom stereocenters. The molecule has 2 nitrogen and oxygen atoms in total. The molecule has 0 spiro atoms. The Morgan fingerprint density at radius 3 is 2.47 bits per heavy atom. The molecule has 0 heterocycles. The van der Waals surface area contributed by atoms with Gasteiger partial charge in [0, 0.05) is 6.04 Å². The highest BCUT2D eigenvalue weighted by molar-refractivity contribution is 5.36. The second-order valence-electron chi connectivity index (χ2n) is 5.90. The Hall–Kier alpha value is -0.860. The van der Waals surface area contributed by atoms with Crippen LogP contribution in [0.15, 0.2) is 24.3 Å². The molecule has 2 heteroatoms. The first-order chi connectivity index (χ1) is 9.11. The molecule has 1 aliphatic carbocycles. The van der Waals surface area contributed by atoms with E-state index < -0.39 is 5.60 Å². The zero-order valence-corrected chi connectivity index (χ0v) is 12.5. The monoisotopic (exact) mass is 261 g/mol. The SMILES string of the molecule is CCCN(CCC)[C@H]1CCc2ccccc2[C@]1(C)O.